The molecule has 0 amide bonds. The van der Waals surface area contributed by atoms with E-state index in [9.17, 15) is 0 Å². The Labute approximate surface area is 110 Å². The summed E-state index contributed by atoms with van der Waals surface area (Å²) in [6, 6.07) is 10.3. The third-order valence-electron chi connectivity index (χ3n) is 2.27. The smallest absolute Gasteiger partial charge is 0.123 e. The van der Waals surface area contributed by atoms with Crippen LogP contribution >= 0.6 is 23.1 Å². The quantitative estimate of drug-likeness (QED) is 0.812. The standard InChI is InChI=1S/C13H15NOS2/c15-7-4-8-16-9-12-10-17-13(14-12)11-5-2-1-3-6-11/h1-3,5-6,10,15H,4,7-9H2. The highest BCUT2D eigenvalue weighted by Gasteiger charge is 2.03. The van der Waals surface area contributed by atoms with Gasteiger partial charge in [0.2, 0.25) is 0 Å². The maximum atomic E-state index is 8.69. The van der Waals surface area contributed by atoms with Gasteiger partial charge in [-0.2, -0.15) is 11.8 Å². The number of benzene rings is 1. The minimum absolute atomic E-state index is 0.277. The van der Waals surface area contributed by atoms with Gasteiger partial charge in [0.15, 0.2) is 0 Å². The van der Waals surface area contributed by atoms with E-state index in [0.29, 0.717) is 0 Å². The summed E-state index contributed by atoms with van der Waals surface area (Å²) in [6.45, 7) is 0.277. The number of aromatic nitrogens is 1. The Balaban J connectivity index is 1.92. The Kier molecular flexibility index (Phi) is 5.04. The first-order valence-electron chi connectivity index (χ1n) is 5.58. The summed E-state index contributed by atoms with van der Waals surface area (Å²) in [5.74, 6) is 1.93. The molecule has 2 aromatic rings. The fourth-order valence-corrected chi connectivity index (χ4v) is 3.20. The van der Waals surface area contributed by atoms with E-state index in [0.717, 1.165) is 28.6 Å². The average Bonchev–Trinajstić information content (AvgIpc) is 2.85. The van der Waals surface area contributed by atoms with Crippen LogP contribution in [0, 0.1) is 0 Å². The lowest BCUT2D eigenvalue weighted by molar-refractivity contribution is 0.296. The van der Waals surface area contributed by atoms with E-state index in [-0.39, 0.29) is 6.61 Å². The molecule has 1 heterocycles. The fraction of sp³-hybridized carbons (Fsp3) is 0.308. The Morgan fingerprint density at radius 2 is 2.06 bits per heavy atom. The Hall–Kier alpha value is -0.840. The molecule has 0 spiro atoms. The zero-order chi connectivity index (χ0) is 11.9. The zero-order valence-electron chi connectivity index (χ0n) is 9.50. The van der Waals surface area contributed by atoms with Crippen molar-refractivity contribution in [1.29, 1.82) is 0 Å². The van der Waals surface area contributed by atoms with E-state index in [1.54, 1.807) is 11.3 Å². The SMILES string of the molecule is OCCCSCc1csc(-c2ccccc2)n1. The number of rotatable bonds is 6. The molecular formula is C13H15NOS2. The summed E-state index contributed by atoms with van der Waals surface area (Å²) in [7, 11) is 0. The highest BCUT2D eigenvalue weighted by Crippen LogP contribution is 2.25. The van der Waals surface area contributed by atoms with Crippen LogP contribution in [0.25, 0.3) is 10.6 Å². The third kappa shape index (κ3) is 3.84. The molecule has 0 fully saturated rings. The number of nitrogens with zero attached hydrogens (tertiary/aromatic N) is 1. The number of hydrogen-bond donors (Lipinski definition) is 1. The van der Waals surface area contributed by atoms with Crippen LogP contribution in [0.1, 0.15) is 12.1 Å². The van der Waals surface area contributed by atoms with Gasteiger partial charge in [0, 0.05) is 23.3 Å². The van der Waals surface area contributed by atoms with E-state index < -0.39 is 0 Å². The molecule has 0 radical (unpaired) electrons. The van der Waals surface area contributed by atoms with Gasteiger partial charge in [-0.05, 0) is 12.2 Å². The van der Waals surface area contributed by atoms with Crippen molar-refractivity contribution in [3.05, 3.63) is 41.4 Å². The maximum Gasteiger partial charge on any atom is 0.123 e. The molecule has 0 saturated carbocycles. The number of aliphatic hydroxyl groups excluding tert-OH is 1. The highest BCUT2D eigenvalue weighted by atomic mass is 32.2. The van der Waals surface area contributed by atoms with Gasteiger partial charge in [0.05, 0.1) is 5.69 Å². The number of thioether (sulfide) groups is 1. The van der Waals surface area contributed by atoms with Crippen molar-refractivity contribution in [3.8, 4) is 10.6 Å². The molecule has 0 aliphatic heterocycles. The van der Waals surface area contributed by atoms with Crippen LogP contribution in [-0.2, 0) is 5.75 Å². The van der Waals surface area contributed by atoms with Crippen LogP contribution < -0.4 is 0 Å². The topological polar surface area (TPSA) is 33.1 Å². The number of aliphatic hydroxyl groups is 1. The second-order valence-electron chi connectivity index (χ2n) is 3.64. The first-order valence-corrected chi connectivity index (χ1v) is 7.62. The van der Waals surface area contributed by atoms with Crippen LogP contribution in [0.5, 0.6) is 0 Å². The number of hydrogen-bond acceptors (Lipinski definition) is 4. The van der Waals surface area contributed by atoms with Crippen molar-refractivity contribution in [2.75, 3.05) is 12.4 Å². The third-order valence-corrected chi connectivity index (χ3v) is 4.29. The van der Waals surface area contributed by atoms with Crippen molar-refractivity contribution in [2.24, 2.45) is 0 Å². The van der Waals surface area contributed by atoms with Crippen LogP contribution in [0.2, 0.25) is 0 Å². The first kappa shape index (κ1) is 12.6. The van der Waals surface area contributed by atoms with Crippen molar-refractivity contribution in [2.45, 2.75) is 12.2 Å². The van der Waals surface area contributed by atoms with Crippen molar-refractivity contribution in [1.82, 2.24) is 4.98 Å². The van der Waals surface area contributed by atoms with E-state index >= 15 is 0 Å². The first-order chi connectivity index (χ1) is 8.40. The molecule has 0 saturated heterocycles. The average molecular weight is 265 g/mol. The van der Waals surface area contributed by atoms with Gasteiger partial charge < -0.3 is 5.11 Å². The second kappa shape index (κ2) is 6.79. The molecule has 1 aromatic heterocycles. The summed E-state index contributed by atoms with van der Waals surface area (Å²) >= 11 is 3.52. The minimum atomic E-state index is 0.277. The predicted molar refractivity (Wildman–Crippen MR) is 75.4 cm³/mol. The Bertz CT molecular complexity index is 442. The van der Waals surface area contributed by atoms with Crippen molar-refractivity contribution >= 4 is 23.1 Å². The lowest BCUT2D eigenvalue weighted by atomic mass is 10.2. The molecule has 2 rings (SSSR count). The van der Waals surface area contributed by atoms with Gasteiger partial charge in [-0.15, -0.1) is 11.3 Å². The molecule has 0 bridgehead atoms. The summed E-state index contributed by atoms with van der Waals surface area (Å²) in [5.41, 5.74) is 2.32. The normalized spacial score (nSPS) is 10.6. The van der Waals surface area contributed by atoms with Crippen LogP contribution in [0.4, 0.5) is 0 Å². The Morgan fingerprint density at radius 1 is 1.24 bits per heavy atom. The zero-order valence-corrected chi connectivity index (χ0v) is 11.1. The van der Waals surface area contributed by atoms with E-state index in [4.69, 9.17) is 5.11 Å². The molecule has 17 heavy (non-hydrogen) atoms. The van der Waals surface area contributed by atoms with Gasteiger partial charge in [-0.1, -0.05) is 30.3 Å². The second-order valence-corrected chi connectivity index (χ2v) is 5.60. The summed E-state index contributed by atoms with van der Waals surface area (Å²) in [4.78, 5) is 4.61. The summed E-state index contributed by atoms with van der Waals surface area (Å²) in [5, 5.41) is 11.9. The molecule has 0 atom stereocenters. The number of thiazole rings is 1. The van der Waals surface area contributed by atoms with Crippen molar-refractivity contribution in [3.63, 3.8) is 0 Å². The van der Waals surface area contributed by atoms with Crippen molar-refractivity contribution < 1.29 is 5.11 Å². The van der Waals surface area contributed by atoms with Gasteiger partial charge in [-0.3, -0.25) is 0 Å². The predicted octanol–water partition coefficient (Wildman–Crippen LogP) is 3.43. The molecule has 0 aliphatic rings. The summed E-state index contributed by atoms with van der Waals surface area (Å²) in [6.07, 6.45) is 0.861. The lowest BCUT2D eigenvalue weighted by Gasteiger charge is -1.97. The monoisotopic (exact) mass is 265 g/mol. The molecule has 1 N–H and O–H groups in total. The van der Waals surface area contributed by atoms with Crippen LogP contribution in [0.3, 0.4) is 0 Å². The molecule has 2 nitrogen and oxygen atoms in total. The molecule has 1 aromatic carbocycles. The van der Waals surface area contributed by atoms with Gasteiger partial charge in [-0.25, -0.2) is 4.98 Å². The Morgan fingerprint density at radius 3 is 2.82 bits per heavy atom. The highest BCUT2D eigenvalue weighted by molar-refractivity contribution is 7.98. The molecule has 0 unspecified atom stereocenters. The largest absolute Gasteiger partial charge is 0.396 e. The lowest BCUT2D eigenvalue weighted by Crippen LogP contribution is -1.87. The molecule has 90 valence electrons. The molecular weight excluding hydrogens is 250 g/mol. The van der Waals surface area contributed by atoms with Crippen LogP contribution in [0.15, 0.2) is 35.7 Å². The minimum Gasteiger partial charge on any atom is -0.396 e. The maximum absolute atomic E-state index is 8.69. The molecule has 4 heteroatoms. The van der Waals surface area contributed by atoms with Gasteiger partial charge in [0.1, 0.15) is 5.01 Å². The fourth-order valence-electron chi connectivity index (χ4n) is 1.43. The van der Waals surface area contributed by atoms with Gasteiger partial charge in [0.25, 0.3) is 0 Å². The van der Waals surface area contributed by atoms with E-state index in [1.807, 2.05) is 30.0 Å². The van der Waals surface area contributed by atoms with E-state index in [2.05, 4.69) is 22.5 Å². The van der Waals surface area contributed by atoms with Gasteiger partial charge >= 0.3 is 0 Å². The summed E-state index contributed by atoms with van der Waals surface area (Å²) < 4.78 is 0. The van der Waals surface area contributed by atoms with E-state index in [1.165, 1.54) is 5.56 Å². The molecule has 0 aliphatic carbocycles. The van der Waals surface area contributed by atoms with Crippen LogP contribution in [-0.4, -0.2) is 22.5 Å².